The van der Waals surface area contributed by atoms with Crippen LogP contribution in [0.5, 0.6) is 0 Å². The van der Waals surface area contributed by atoms with Gasteiger partial charge in [0.15, 0.2) is 0 Å². The Balaban J connectivity index is 2.89. The maximum absolute atomic E-state index is 11.1. The number of rotatable bonds is 4. The summed E-state index contributed by atoms with van der Waals surface area (Å²) in [5.41, 5.74) is 0.727. The van der Waals surface area contributed by atoms with E-state index in [-0.39, 0.29) is 0 Å². The molecule has 0 aliphatic carbocycles. The Bertz CT molecular complexity index is 412. The van der Waals surface area contributed by atoms with E-state index < -0.39 is 14.3 Å². The van der Waals surface area contributed by atoms with Gasteiger partial charge in [-0.2, -0.15) is 0 Å². The first-order valence-corrected chi connectivity index (χ1v) is 7.97. The third-order valence-corrected chi connectivity index (χ3v) is 4.90. The van der Waals surface area contributed by atoms with Crippen LogP contribution in [0.4, 0.5) is 0 Å². The number of hydrogen-bond donors (Lipinski definition) is 0. The second kappa shape index (κ2) is 5.23. The van der Waals surface area contributed by atoms with E-state index in [9.17, 15) is 8.42 Å². The van der Waals surface area contributed by atoms with Gasteiger partial charge >= 0.3 is 0 Å². The summed E-state index contributed by atoms with van der Waals surface area (Å²) >= 11 is 1.72. The molecule has 1 aromatic carbocycles. The minimum Gasteiger partial charge on any atom is -0.212 e. The zero-order chi connectivity index (χ0) is 11.5. The average Bonchev–Trinajstić information content (AvgIpc) is 2.17. The maximum atomic E-state index is 11.1. The van der Waals surface area contributed by atoms with Crippen molar-refractivity contribution in [3.8, 4) is 0 Å². The highest BCUT2D eigenvalue weighted by molar-refractivity contribution is 8.13. The van der Waals surface area contributed by atoms with Crippen LogP contribution in [0.1, 0.15) is 24.7 Å². The van der Waals surface area contributed by atoms with Crippen LogP contribution in [0.2, 0.25) is 0 Å². The molecule has 0 radical (unpaired) electrons. The second-order valence-corrected chi connectivity index (χ2v) is 7.41. The van der Waals surface area contributed by atoms with Crippen LogP contribution >= 0.6 is 22.4 Å². The van der Waals surface area contributed by atoms with Crippen molar-refractivity contribution in [2.24, 2.45) is 0 Å². The van der Waals surface area contributed by atoms with Crippen LogP contribution in [-0.4, -0.2) is 14.2 Å². The molecule has 0 amide bonds. The molecule has 1 aromatic rings. The van der Waals surface area contributed by atoms with Gasteiger partial charge in [0.1, 0.15) is 0 Å². The molecule has 2 nitrogen and oxygen atoms in total. The Morgan fingerprint density at radius 1 is 1.33 bits per heavy atom. The van der Waals surface area contributed by atoms with E-state index in [1.54, 1.807) is 18.7 Å². The Hall–Kier alpha value is -0.190. The van der Waals surface area contributed by atoms with Gasteiger partial charge in [-0.15, -0.1) is 11.8 Å². The van der Waals surface area contributed by atoms with Crippen molar-refractivity contribution < 1.29 is 8.42 Å². The molecule has 1 atom stereocenters. The SMILES string of the molecule is CCSc1ccc(C(C)S(=O)(=O)Cl)cc1. The molecule has 0 heterocycles. The van der Waals surface area contributed by atoms with Crippen LogP contribution in [0.15, 0.2) is 29.2 Å². The van der Waals surface area contributed by atoms with E-state index in [1.807, 2.05) is 24.3 Å². The van der Waals surface area contributed by atoms with Gasteiger partial charge in [0.25, 0.3) is 0 Å². The molecule has 0 aromatic heterocycles. The van der Waals surface area contributed by atoms with Crippen LogP contribution in [0.3, 0.4) is 0 Å². The Morgan fingerprint density at radius 2 is 1.87 bits per heavy atom. The Labute approximate surface area is 99.4 Å². The van der Waals surface area contributed by atoms with Gasteiger partial charge < -0.3 is 0 Å². The van der Waals surface area contributed by atoms with Crippen LogP contribution < -0.4 is 0 Å². The van der Waals surface area contributed by atoms with Gasteiger partial charge in [-0.3, -0.25) is 0 Å². The predicted octanol–water partition coefficient (Wildman–Crippen LogP) is 3.43. The molecular formula is C10H13ClO2S2. The minimum absolute atomic E-state index is 0.653. The third-order valence-electron chi connectivity index (χ3n) is 2.08. The topological polar surface area (TPSA) is 34.1 Å². The fraction of sp³-hybridized carbons (Fsp3) is 0.400. The molecule has 0 aliphatic rings. The Kier molecular flexibility index (Phi) is 4.49. The first-order chi connectivity index (χ1) is 6.95. The second-order valence-electron chi connectivity index (χ2n) is 3.12. The van der Waals surface area contributed by atoms with Crippen LogP contribution in [0, 0.1) is 0 Å². The van der Waals surface area contributed by atoms with E-state index in [4.69, 9.17) is 10.7 Å². The summed E-state index contributed by atoms with van der Waals surface area (Å²) in [6, 6.07) is 7.45. The average molecular weight is 265 g/mol. The lowest BCUT2D eigenvalue weighted by atomic mass is 10.2. The highest BCUT2D eigenvalue weighted by Gasteiger charge is 2.19. The summed E-state index contributed by atoms with van der Waals surface area (Å²) in [4.78, 5) is 1.14. The van der Waals surface area contributed by atoms with Crippen molar-refractivity contribution in [1.82, 2.24) is 0 Å². The minimum atomic E-state index is -3.52. The fourth-order valence-electron chi connectivity index (χ4n) is 1.16. The third kappa shape index (κ3) is 3.70. The van der Waals surface area contributed by atoms with Gasteiger partial charge in [0, 0.05) is 15.6 Å². The lowest BCUT2D eigenvalue weighted by molar-refractivity contribution is 0.600. The summed E-state index contributed by atoms with van der Waals surface area (Å²) in [7, 11) is 1.77. The summed E-state index contributed by atoms with van der Waals surface area (Å²) < 4.78 is 22.2. The smallest absolute Gasteiger partial charge is 0.212 e. The van der Waals surface area contributed by atoms with E-state index in [2.05, 4.69) is 6.92 Å². The number of benzene rings is 1. The monoisotopic (exact) mass is 264 g/mol. The summed E-state index contributed by atoms with van der Waals surface area (Å²) in [6.07, 6.45) is 0. The number of thioether (sulfide) groups is 1. The number of hydrogen-bond acceptors (Lipinski definition) is 3. The van der Waals surface area contributed by atoms with Gasteiger partial charge in [-0.1, -0.05) is 19.1 Å². The molecule has 1 unspecified atom stereocenters. The molecule has 0 aliphatic heterocycles. The van der Waals surface area contributed by atoms with Gasteiger partial charge in [-0.05, 0) is 30.4 Å². The van der Waals surface area contributed by atoms with E-state index in [0.717, 1.165) is 16.2 Å². The van der Waals surface area contributed by atoms with Crippen LogP contribution in [-0.2, 0) is 9.05 Å². The van der Waals surface area contributed by atoms with E-state index in [0.29, 0.717) is 0 Å². The zero-order valence-electron chi connectivity index (χ0n) is 8.60. The first kappa shape index (κ1) is 12.9. The normalized spacial score (nSPS) is 13.8. The van der Waals surface area contributed by atoms with Crippen molar-refractivity contribution in [2.45, 2.75) is 24.0 Å². The van der Waals surface area contributed by atoms with E-state index >= 15 is 0 Å². The van der Waals surface area contributed by atoms with Crippen molar-refractivity contribution in [1.29, 1.82) is 0 Å². The maximum Gasteiger partial charge on any atom is 0.239 e. The first-order valence-electron chi connectivity index (χ1n) is 4.61. The molecule has 0 saturated heterocycles. The molecule has 15 heavy (non-hydrogen) atoms. The zero-order valence-corrected chi connectivity index (χ0v) is 11.0. The lowest BCUT2D eigenvalue weighted by Gasteiger charge is -2.08. The van der Waals surface area contributed by atoms with Crippen molar-refractivity contribution >= 4 is 31.5 Å². The highest BCUT2D eigenvalue weighted by Crippen LogP contribution is 2.27. The van der Waals surface area contributed by atoms with Crippen molar-refractivity contribution in [3.05, 3.63) is 29.8 Å². The van der Waals surface area contributed by atoms with Gasteiger partial charge in [0.05, 0.1) is 5.25 Å². The van der Waals surface area contributed by atoms with Crippen LogP contribution in [0.25, 0.3) is 0 Å². The molecule has 0 saturated carbocycles. The van der Waals surface area contributed by atoms with Gasteiger partial charge in [0.2, 0.25) is 9.05 Å². The van der Waals surface area contributed by atoms with Gasteiger partial charge in [-0.25, -0.2) is 8.42 Å². The molecule has 0 N–H and O–H groups in total. The molecule has 1 rings (SSSR count). The molecule has 5 heteroatoms. The predicted molar refractivity (Wildman–Crippen MR) is 66.0 cm³/mol. The molecule has 84 valence electrons. The molecule has 0 spiro atoms. The summed E-state index contributed by atoms with van der Waals surface area (Å²) in [6.45, 7) is 3.66. The van der Waals surface area contributed by atoms with E-state index in [1.165, 1.54) is 0 Å². The standard InChI is InChI=1S/C10H13ClO2S2/c1-3-14-10-6-4-9(5-7-10)8(2)15(11,12)13/h4-8H,3H2,1-2H3. The quantitative estimate of drug-likeness (QED) is 0.617. The molecule has 0 fully saturated rings. The summed E-state index contributed by atoms with van der Waals surface area (Å²) in [5, 5.41) is -0.653. The summed E-state index contributed by atoms with van der Waals surface area (Å²) in [5.74, 6) is 1.00. The molecule has 0 bridgehead atoms. The lowest BCUT2D eigenvalue weighted by Crippen LogP contribution is -2.02. The van der Waals surface area contributed by atoms with Crippen molar-refractivity contribution in [3.63, 3.8) is 0 Å². The number of halogens is 1. The fourth-order valence-corrected chi connectivity index (χ4v) is 2.62. The molecular weight excluding hydrogens is 252 g/mol. The highest BCUT2D eigenvalue weighted by atomic mass is 35.7. The largest absolute Gasteiger partial charge is 0.239 e. The Morgan fingerprint density at radius 3 is 2.27 bits per heavy atom. The van der Waals surface area contributed by atoms with Crippen molar-refractivity contribution in [2.75, 3.05) is 5.75 Å².